The standard InChI is InChI=1S/C16H22N4O3/c1-2-3-13-11-23-7-5-19(13)16(22)14-8-15-17-9-12(4-6-21)10-20(15)18-14/h8-10,13,21H,2-7,11H2,1H3. The van der Waals surface area contributed by atoms with Gasteiger partial charge in [-0.05, 0) is 18.4 Å². The van der Waals surface area contributed by atoms with Crippen molar-refractivity contribution >= 4 is 11.6 Å². The van der Waals surface area contributed by atoms with Crippen molar-refractivity contribution in [1.29, 1.82) is 0 Å². The van der Waals surface area contributed by atoms with Crippen LogP contribution in [0.4, 0.5) is 0 Å². The molecular formula is C16H22N4O3. The third kappa shape index (κ3) is 3.35. The normalized spacial score (nSPS) is 18.5. The summed E-state index contributed by atoms with van der Waals surface area (Å²) < 4.78 is 7.10. The average Bonchev–Trinajstić information content (AvgIpc) is 2.99. The molecule has 0 bridgehead atoms. The smallest absolute Gasteiger partial charge is 0.274 e. The number of aliphatic hydroxyl groups excluding tert-OH is 1. The number of carbonyl (C=O) groups is 1. The summed E-state index contributed by atoms with van der Waals surface area (Å²) in [4.78, 5) is 19.0. The van der Waals surface area contributed by atoms with Crippen molar-refractivity contribution in [2.75, 3.05) is 26.4 Å². The van der Waals surface area contributed by atoms with Crippen LogP contribution < -0.4 is 0 Å². The highest BCUT2D eigenvalue weighted by Crippen LogP contribution is 2.16. The van der Waals surface area contributed by atoms with E-state index in [0.717, 1.165) is 18.4 Å². The molecule has 1 saturated heterocycles. The number of ether oxygens (including phenoxy) is 1. The zero-order chi connectivity index (χ0) is 16.2. The maximum Gasteiger partial charge on any atom is 0.274 e. The molecule has 124 valence electrons. The van der Waals surface area contributed by atoms with Gasteiger partial charge in [0.15, 0.2) is 11.3 Å². The van der Waals surface area contributed by atoms with Gasteiger partial charge in [0.25, 0.3) is 5.91 Å². The topological polar surface area (TPSA) is 80.0 Å². The molecule has 0 saturated carbocycles. The van der Waals surface area contributed by atoms with Crippen molar-refractivity contribution in [3.8, 4) is 0 Å². The van der Waals surface area contributed by atoms with E-state index in [1.54, 1.807) is 23.0 Å². The predicted octanol–water partition coefficient (Wildman–Crippen LogP) is 0.905. The minimum absolute atomic E-state index is 0.0622. The van der Waals surface area contributed by atoms with Gasteiger partial charge >= 0.3 is 0 Å². The fourth-order valence-corrected chi connectivity index (χ4v) is 2.92. The van der Waals surface area contributed by atoms with Gasteiger partial charge in [-0.25, -0.2) is 9.50 Å². The molecule has 1 aliphatic heterocycles. The van der Waals surface area contributed by atoms with Crippen molar-refractivity contribution < 1.29 is 14.6 Å². The lowest BCUT2D eigenvalue weighted by Gasteiger charge is -2.35. The van der Waals surface area contributed by atoms with Crippen molar-refractivity contribution in [2.45, 2.75) is 32.2 Å². The van der Waals surface area contributed by atoms with Gasteiger partial charge in [0, 0.05) is 31.6 Å². The molecule has 0 aromatic carbocycles. The van der Waals surface area contributed by atoms with Crippen molar-refractivity contribution in [2.24, 2.45) is 0 Å². The van der Waals surface area contributed by atoms with Crippen LogP contribution in [0.5, 0.6) is 0 Å². The molecule has 0 spiro atoms. The summed E-state index contributed by atoms with van der Waals surface area (Å²) in [5.41, 5.74) is 1.93. The first-order valence-corrected chi connectivity index (χ1v) is 8.06. The number of aliphatic hydroxyl groups is 1. The monoisotopic (exact) mass is 318 g/mol. The van der Waals surface area contributed by atoms with Crippen LogP contribution in [0.25, 0.3) is 5.65 Å². The summed E-state index contributed by atoms with van der Waals surface area (Å²) in [6.45, 7) is 3.92. The third-order valence-corrected chi connectivity index (χ3v) is 4.10. The summed E-state index contributed by atoms with van der Waals surface area (Å²) >= 11 is 0. The van der Waals surface area contributed by atoms with E-state index in [1.807, 2.05) is 4.90 Å². The Hall–Kier alpha value is -1.99. The third-order valence-electron chi connectivity index (χ3n) is 4.10. The minimum atomic E-state index is -0.0686. The van der Waals surface area contributed by atoms with Crippen LogP contribution in [-0.4, -0.2) is 62.9 Å². The lowest BCUT2D eigenvalue weighted by atomic mass is 10.1. The van der Waals surface area contributed by atoms with Crippen LogP contribution in [-0.2, 0) is 11.2 Å². The zero-order valence-corrected chi connectivity index (χ0v) is 13.3. The van der Waals surface area contributed by atoms with Crippen LogP contribution in [0, 0.1) is 0 Å². The van der Waals surface area contributed by atoms with Crippen LogP contribution in [0.15, 0.2) is 18.5 Å². The molecule has 7 nitrogen and oxygen atoms in total. The summed E-state index contributed by atoms with van der Waals surface area (Å²) in [6.07, 6.45) is 5.97. The number of fused-ring (bicyclic) bond motifs is 1. The lowest BCUT2D eigenvalue weighted by Crippen LogP contribution is -2.48. The summed E-state index contributed by atoms with van der Waals surface area (Å²) in [6, 6.07) is 1.83. The summed E-state index contributed by atoms with van der Waals surface area (Å²) in [5.74, 6) is -0.0686. The zero-order valence-electron chi connectivity index (χ0n) is 13.3. The number of amides is 1. The highest BCUT2D eigenvalue weighted by molar-refractivity contribution is 5.93. The van der Waals surface area contributed by atoms with Gasteiger partial charge in [-0.3, -0.25) is 4.79 Å². The van der Waals surface area contributed by atoms with Crippen molar-refractivity contribution in [3.63, 3.8) is 0 Å². The maximum atomic E-state index is 12.8. The van der Waals surface area contributed by atoms with Crippen LogP contribution in [0.2, 0.25) is 0 Å². The fraction of sp³-hybridized carbons (Fsp3) is 0.562. The van der Waals surface area contributed by atoms with Gasteiger partial charge in [0.2, 0.25) is 0 Å². The molecule has 2 aromatic heterocycles. The van der Waals surface area contributed by atoms with Gasteiger partial charge in [0.1, 0.15) is 0 Å². The van der Waals surface area contributed by atoms with Gasteiger partial charge in [-0.15, -0.1) is 0 Å². The van der Waals surface area contributed by atoms with E-state index in [1.165, 1.54) is 0 Å². The number of rotatable bonds is 5. The first-order chi connectivity index (χ1) is 11.2. The number of aromatic nitrogens is 3. The Balaban J connectivity index is 1.84. The molecule has 1 unspecified atom stereocenters. The second-order valence-electron chi connectivity index (χ2n) is 5.78. The highest BCUT2D eigenvalue weighted by Gasteiger charge is 2.29. The van der Waals surface area contributed by atoms with Gasteiger partial charge in [0.05, 0.1) is 19.3 Å². The lowest BCUT2D eigenvalue weighted by molar-refractivity contribution is -0.00465. The number of morpholine rings is 1. The Labute approximate surface area is 134 Å². The SMILES string of the molecule is CCCC1COCCN1C(=O)c1cc2ncc(CCO)cn2n1. The Morgan fingerprint density at radius 2 is 2.39 bits per heavy atom. The van der Waals surface area contributed by atoms with E-state index >= 15 is 0 Å². The van der Waals surface area contributed by atoms with E-state index in [9.17, 15) is 4.79 Å². The largest absolute Gasteiger partial charge is 0.396 e. The van der Waals surface area contributed by atoms with Crippen LogP contribution >= 0.6 is 0 Å². The second-order valence-corrected chi connectivity index (χ2v) is 5.78. The van der Waals surface area contributed by atoms with E-state index in [0.29, 0.717) is 37.5 Å². The Morgan fingerprint density at radius 1 is 1.52 bits per heavy atom. The number of nitrogens with zero attached hydrogens (tertiary/aromatic N) is 4. The van der Waals surface area contributed by atoms with Gasteiger partial charge < -0.3 is 14.7 Å². The molecule has 0 radical (unpaired) electrons. The molecule has 3 rings (SSSR count). The predicted molar refractivity (Wildman–Crippen MR) is 84.3 cm³/mol. The molecule has 1 atom stereocenters. The molecule has 1 fully saturated rings. The molecule has 23 heavy (non-hydrogen) atoms. The van der Waals surface area contributed by atoms with Crippen molar-refractivity contribution in [1.82, 2.24) is 19.5 Å². The Kier molecular flexibility index (Phi) is 4.88. The summed E-state index contributed by atoms with van der Waals surface area (Å²) in [7, 11) is 0. The molecule has 1 N–H and O–H groups in total. The van der Waals surface area contributed by atoms with E-state index in [2.05, 4.69) is 17.0 Å². The molecule has 2 aromatic rings. The van der Waals surface area contributed by atoms with Crippen LogP contribution in [0.3, 0.4) is 0 Å². The molecule has 0 aliphatic carbocycles. The number of hydrogen-bond acceptors (Lipinski definition) is 5. The van der Waals surface area contributed by atoms with E-state index in [4.69, 9.17) is 9.84 Å². The number of hydrogen-bond donors (Lipinski definition) is 1. The summed E-state index contributed by atoms with van der Waals surface area (Å²) in [5, 5.41) is 13.4. The van der Waals surface area contributed by atoms with Gasteiger partial charge in [-0.1, -0.05) is 13.3 Å². The van der Waals surface area contributed by atoms with E-state index in [-0.39, 0.29) is 18.6 Å². The Morgan fingerprint density at radius 3 is 3.17 bits per heavy atom. The quantitative estimate of drug-likeness (QED) is 0.886. The molecular weight excluding hydrogens is 296 g/mol. The maximum absolute atomic E-state index is 12.8. The first kappa shape index (κ1) is 15.9. The number of carbonyl (C=O) groups excluding carboxylic acids is 1. The minimum Gasteiger partial charge on any atom is -0.396 e. The second kappa shape index (κ2) is 7.06. The van der Waals surface area contributed by atoms with Crippen molar-refractivity contribution in [3.05, 3.63) is 29.7 Å². The molecule has 1 amide bonds. The van der Waals surface area contributed by atoms with Crippen LogP contribution in [0.1, 0.15) is 35.8 Å². The first-order valence-electron chi connectivity index (χ1n) is 8.06. The Bertz CT molecular complexity index is 683. The molecule has 3 heterocycles. The fourth-order valence-electron chi connectivity index (χ4n) is 2.92. The molecule has 1 aliphatic rings. The highest BCUT2D eigenvalue weighted by atomic mass is 16.5. The van der Waals surface area contributed by atoms with Gasteiger partial charge in [-0.2, -0.15) is 5.10 Å². The van der Waals surface area contributed by atoms with E-state index < -0.39 is 0 Å². The molecule has 7 heteroatoms. The average molecular weight is 318 g/mol.